The van der Waals surface area contributed by atoms with Crippen LogP contribution in [-0.4, -0.2) is 12.7 Å². The molecule has 0 aromatic rings. The van der Waals surface area contributed by atoms with Gasteiger partial charge in [0.25, 0.3) is 0 Å². The molecule has 0 aliphatic heterocycles. The van der Waals surface area contributed by atoms with Gasteiger partial charge < -0.3 is 5.32 Å². The first-order valence-electron chi connectivity index (χ1n) is 1.43. The fourth-order valence-electron chi connectivity index (χ4n) is 0.0745. The van der Waals surface area contributed by atoms with Crippen LogP contribution < -0.4 is 5.32 Å². The highest BCUT2D eigenvalue weighted by Gasteiger charge is 1.81. The molecule has 3 heteroatoms. The van der Waals surface area contributed by atoms with Gasteiger partial charge in [-0.05, 0) is 0 Å². The Bertz CT molecular complexity index is 54.8. The molecule has 0 heterocycles. The molecule has 0 saturated heterocycles. The zero-order valence-corrected chi connectivity index (χ0v) is 3.20. The summed E-state index contributed by atoms with van der Waals surface area (Å²) in [5.41, 5.74) is 0. The Morgan fingerprint density at radius 1 is 2.00 bits per heavy atom. The topological polar surface area (TPSA) is 29.1 Å². The van der Waals surface area contributed by atoms with Crippen LogP contribution in [0.25, 0.3) is 0 Å². The number of alkyl halides is 1. The molecule has 1 radical (unpaired) electrons. The minimum Gasteiger partial charge on any atom is -0.329 e. The van der Waals surface area contributed by atoms with Crippen LogP contribution in [0.2, 0.25) is 0 Å². The standard InChI is InChI=1S/C3H5FNO/c1-3(6)5-2-4/h1-2H2,(H,5,6). The van der Waals surface area contributed by atoms with Crippen molar-refractivity contribution >= 4 is 5.91 Å². The number of rotatable bonds is 1. The molecular weight excluding hydrogens is 85.0 g/mol. The van der Waals surface area contributed by atoms with Crippen LogP contribution in [0.1, 0.15) is 0 Å². The Balaban J connectivity index is 2.83. The van der Waals surface area contributed by atoms with E-state index < -0.39 is 12.7 Å². The number of hydrogen-bond donors (Lipinski definition) is 1. The molecule has 0 rings (SSSR count). The minimum absolute atomic E-state index is 0.586. The highest BCUT2D eigenvalue weighted by Crippen LogP contribution is 1.56. The van der Waals surface area contributed by atoms with Crippen molar-refractivity contribution in [3.05, 3.63) is 6.92 Å². The number of carbonyl (C=O) groups is 1. The van der Waals surface area contributed by atoms with E-state index in [-0.39, 0.29) is 0 Å². The Morgan fingerprint density at radius 3 is 2.50 bits per heavy atom. The van der Waals surface area contributed by atoms with Gasteiger partial charge in [-0.1, -0.05) is 0 Å². The molecule has 1 N–H and O–H groups in total. The Labute approximate surface area is 35.3 Å². The van der Waals surface area contributed by atoms with E-state index in [0.717, 1.165) is 0 Å². The molecule has 2 nitrogen and oxygen atoms in total. The van der Waals surface area contributed by atoms with Crippen LogP contribution in [0, 0.1) is 6.92 Å². The lowest BCUT2D eigenvalue weighted by molar-refractivity contribution is -0.117. The monoisotopic (exact) mass is 90.0 g/mol. The Kier molecular flexibility index (Phi) is 2.36. The van der Waals surface area contributed by atoms with E-state index in [9.17, 15) is 9.18 Å². The summed E-state index contributed by atoms with van der Waals surface area (Å²) >= 11 is 0. The molecule has 0 aliphatic carbocycles. The summed E-state index contributed by atoms with van der Waals surface area (Å²) < 4.78 is 10.9. The zero-order valence-electron chi connectivity index (χ0n) is 3.20. The Hall–Kier alpha value is -0.600. The molecule has 0 saturated carbocycles. The van der Waals surface area contributed by atoms with Gasteiger partial charge in [0.15, 0.2) is 6.80 Å². The molecular formula is C3H5FNO. The molecule has 6 heavy (non-hydrogen) atoms. The first-order valence-corrected chi connectivity index (χ1v) is 1.43. The smallest absolute Gasteiger partial charge is 0.222 e. The molecule has 0 spiro atoms. The van der Waals surface area contributed by atoms with E-state index in [0.29, 0.717) is 0 Å². The van der Waals surface area contributed by atoms with Crippen LogP contribution >= 0.6 is 0 Å². The maximum Gasteiger partial charge on any atom is 0.222 e. The normalized spacial score (nSPS) is 7.67. The summed E-state index contributed by atoms with van der Waals surface area (Å²) in [6, 6.07) is 0. The third-order valence-corrected chi connectivity index (χ3v) is 0.264. The second kappa shape index (κ2) is 2.63. The minimum atomic E-state index is -0.831. The first kappa shape index (κ1) is 5.40. The van der Waals surface area contributed by atoms with E-state index in [1.165, 1.54) is 0 Å². The van der Waals surface area contributed by atoms with Gasteiger partial charge in [-0.25, -0.2) is 4.39 Å². The number of nitrogens with one attached hydrogen (secondary N) is 1. The van der Waals surface area contributed by atoms with Crippen LogP contribution in [0.5, 0.6) is 0 Å². The first-order chi connectivity index (χ1) is 2.77. The lowest BCUT2D eigenvalue weighted by Crippen LogP contribution is -2.17. The van der Waals surface area contributed by atoms with Crippen molar-refractivity contribution < 1.29 is 9.18 Å². The van der Waals surface area contributed by atoms with Crippen LogP contribution in [0.3, 0.4) is 0 Å². The maximum atomic E-state index is 10.9. The SMILES string of the molecule is [CH2]C(=O)NCF. The fourth-order valence-corrected chi connectivity index (χ4v) is 0.0745. The summed E-state index contributed by atoms with van der Waals surface area (Å²) in [6.07, 6.45) is 0. The van der Waals surface area contributed by atoms with Gasteiger partial charge in [0.05, 0.1) is 0 Å². The van der Waals surface area contributed by atoms with Crippen LogP contribution in [-0.2, 0) is 4.79 Å². The van der Waals surface area contributed by atoms with E-state index in [1.54, 1.807) is 5.32 Å². The lowest BCUT2D eigenvalue weighted by atomic mass is 10.7. The highest BCUT2D eigenvalue weighted by molar-refractivity contribution is 5.79. The second-order valence-corrected chi connectivity index (χ2v) is 0.734. The van der Waals surface area contributed by atoms with Gasteiger partial charge in [0, 0.05) is 6.92 Å². The predicted octanol–water partition coefficient (Wildman–Crippen LogP) is -0.136. The number of carbonyl (C=O) groups excluding carboxylic acids is 1. The summed E-state index contributed by atoms with van der Waals surface area (Å²) in [4.78, 5) is 9.58. The quantitative estimate of drug-likeness (QED) is 0.446. The molecule has 0 atom stereocenters. The molecule has 0 fully saturated rings. The van der Waals surface area contributed by atoms with E-state index in [2.05, 4.69) is 6.92 Å². The summed E-state index contributed by atoms with van der Waals surface area (Å²) in [7, 11) is 0. The number of halogens is 1. The average Bonchev–Trinajstić information content (AvgIpc) is 1.35. The van der Waals surface area contributed by atoms with Gasteiger partial charge in [0.2, 0.25) is 5.91 Å². The van der Waals surface area contributed by atoms with Gasteiger partial charge in [-0.15, -0.1) is 0 Å². The molecule has 1 amide bonds. The van der Waals surface area contributed by atoms with E-state index in [4.69, 9.17) is 0 Å². The van der Waals surface area contributed by atoms with Crippen molar-refractivity contribution in [3.63, 3.8) is 0 Å². The Morgan fingerprint density at radius 2 is 2.50 bits per heavy atom. The van der Waals surface area contributed by atoms with Crippen molar-refractivity contribution in [2.24, 2.45) is 0 Å². The van der Waals surface area contributed by atoms with Crippen molar-refractivity contribution in [3.8, 4) is 0 Å². The van der Waals surface area contributed by atoms with Crippen molar-refractivity contribution in [2.45, 2.75) is 0 Å². The lowest BCUT2D eigenvalue weighted by Gasteiger charge is -1.85. The maximum absolute atomic E-state index is 10.9. The average molecular weight is 90.1 g/mol. The summed E-state index contributed by atoms with van der Waals surface area (Å²) in [6.45, 7) is 2.01. The van der Waals surface area contributed by atoms with Crippen LogP contribution in [0.4, 0.5) is 4.39 Å². The van der Waals surface area contributed by atoms with Gasteiger partial charge in [-0.3, -0.25) is 4.79 Å². The summed E-state index contributed by atoms with van der Waals surface area (Å²) in [5.74, 6) is -0.586. The van der Waals surface area contributed by atoms with Gasteiger partial charge in [-0.2, -0.15) is 0 Å². The molecule has 0 aliphatic rings. The van der Waals surface area contributed by atoms with Gasteiger partial charge >= 0.3 is 0 Å². The third kappa shape index (κ3) is 3.40. The number of hydrogen-bond acceptors (Lipinski definition) is 1. The molecule has 0 aromatic carbocycles. The van der Waals surface area contributed by atoms with E-state index >= 15 is 0 Å². The zero-order chi connectivity index (χ0) is 4.99. The molecule has 35 valence electrons. The second-order valence-electron chi connectivity index (χ2n) is 0.734. The predicted molar refractivity (Wildman–Crippen MR) is 19.5 cm³/mol. The van der Waals surface area contributed by atoms with Crippen molar-refractivity contribution in [2.75, 3.05) is 6.80 Å². The molecule has 0 aromatic heterocycles. The largest absolute Gasteiger partial charge is 0.329 e. The molecule has 0 unspecified atom stereocenters. The number of amides is 1. The summed E-state index contributed by atoms with van der Waals surface area (Å²) in [5, 5.41) is 1.79. The van der Waals surface area contributed by atoms with Crippen molar-refractivity contribution in [1.82, 2.24) is 5.32 Å². The van der Waals surface area contributed by atoms with E-state index in [1.807, 2.05) is 0 Å². The van der Waals surface area contributed by atoms with Gasteiger partial charge in [0.1, 0.15) is 0 Å². The third-order valence-electron chi connectivity index (χ3n) is 0.264. The van der Waals surface area contributed by atoms with Crippen LogP contribution in [0.15, 0.2) is 0 Å². The fraction of sp³-hybridized carbons (Fsp3) is 0.333. The highest BCUT2D eigenvalue weighted by atomic mass is 19.1. The van der Waals surface area contributed by atoms with Crippen molar-refractivity contribution in [1.29, 1.82) is 0 Å². The molecule has 0 bridgehead atoms.